The lowest BCUT2D eigenvalue weighted by Gasteiger charge is -2.45. The number of carbonyl (C=O) groups excluding carboxylic acids is 1. The van der Waals surface area contributed by atoms with E-state index in [0.717, 1.165) is 30.1 Å². The van der Waals surface area contributed by atoms with Crippen LogP contribution in [0.2, 0.25) is 0 Å². The molecule has 0 aromatic carbocycles. The van der Waals surface area contributed by atoms with Crippen LogP contribution in [-0.2, 0) is 0 Å². The van der Waals surface area contributed by atoms with Gasteiger partial charge >= 0.3 is 0 Å². The Balaban J connectivity index is 1.89. The zero-order valence-corrected chi connectivity index (χ0v) is 11.6. The van der Waals surface area contributed by atoms with Crippen LogP contribution in [0, 0.1) is 12.8 Å². The first-order valence-electron chi connectivity index (χ1n) is 7.48. The largest absolute Gasteiger partial charge is 0.353 e. The number of aromatic nitrogens is 1. The second-order valence-corrected chi connectivity index (χ2v) is 5.97. The molecule has 19 heavy (non-hydrogen) atoms. The molecule has 3 nitrogen and oxygen atoms in total. The third kappa shape index (κ3) is 2.38. The molecule has 0 bridgehead atoms. The van der Waals surface area contributed by atoms with Gasteiger partial charge in [0, 0.05) is 24.3 Å². The van der Waals surface area contributed by atoms with Crippen molar-refractivity contribution in [2.45, 2.75) is 51.5 Å². The highest BCUT2D eigenvalue weighted by Gasteiger charge is 2.34. The fourth-order valence-corrected chi connectivity index (χ4v) is 3.84. The maximum absolute atomic E-state index is 10.8. The van der Waals surface area contributed by atoms with Crippen LogP contribution in [0.1, 0.15) is 54.4 Å². The average Bonchev–Trinajstić information content (AvgIpc) is 2.46. The number of piperidine rings is 1. The normalized spacial score (nSPS) is 26.9. The number of aldehydes is 1. The Morgan fingerprint density at radius 3 is 2.84 bits per heavy atom. The van der Waals surface area contributed by atoms with Crippen molar-refractivity contribution in [2.24, 2.45) is 5.92 Å². The molecular weight excluding hydrogens is 236 g/mol. The van der Waals surface area contributed by atoms with E-state index < -0.39 is 0 Å². The van der Waals surface area contributed by atoms with Crippen LogP contribution in [0.25, 0.3) is 0 Å². The Morgan fingerprint density at radius 1 is 1.26 bits per heavy atom. The zero-order valence-electron chi connectivity index (χ0n) is 11.6. The first kappa shape index (κ1) is 12.6. The third-order valence-corrected chi connectivity index (χ3v) is 4.72. The van der Waals surface area contributed by atoms with Crippen molar-refractivity contribution in [3.05, 3.63) is 23.4 Å². The van der Waals surface area contributed by atoms with Crippen LogP contribution in [0.5, 0.6) is 0 Å². The Bertz CT molecular complexity index is 470. The fraction of sp³-hybridized carbons (Fsp3) is 0.625. The summed E-state index contributed by atoms with van der Waals surface area (Å²) in [6, 6.07) is 2.64. The minimum Gasteiger partial charge on any atom is -0.353 e. The van der Waals surface area contributed by atoms with Gasteiger partial charge in [0.1, 0.15) is 5.82 Å². The lowest BCUT2D eigenvalue weighted by atomic mass is 9.78. The molecule has 3 rings (SSSR count). The number of hydrogen-bond donors (Lipinski definition) is 0. The van der Waals surface area contributed by atoms with Gasteiger partial charge in [-0.3, -0.25) is 4.79 Å². The van der Waals surface area contributed by atoms with Gasteiger partial charge in [-0.2, -0.15) is 0 Å². The number of pyridine rings is 1. The fourth-order valence-electron chi connectivity index (χ4n) is 3.84. The van der Waals surface area contributed by atoms with Gasteiger partial charge < -0.3 is 4.90 Å². The number of fused-ring (bicyclic) bond motifs is 1. The van der Waals surface area contributed by atoms with Gasteiger partial charge in [-0.15, -0.1) is 0 Å². The summed E-state index contributed by atoms with van der Waals surface area (Å²) in [6.07, 6.45) is 10.7. The summed E-state index contributed by atoms with van der Waals surface area (Å²) < 4.78 is 0. The maximum Gasteiger partial charge on any atom is 0.151 e. The van der Waals surface area contributed by atoms with Gasteiger partial charge in [-0.25, -0.2) is 4.98 Å². The minimum absolute atomic E-state index is 0.677. The van der Waals surface area contributed by atoms with Crippen molar-refractivity contribution in [3.8, 4) is 0 Å². The standard InChI is InChI=1S/C16H22N2O/c1-12-9-13(11-19)10-17-16(12)18-8-4-6-14-5-2-3-7-15(14)18/h9-11,14-15H,2-8H2,1H3/t14-,15-/m1/s1. The molecule has 2 atom stereocenters. The van der Waals surface area contributed by atoms with E-state index in [4.69, 9.17) is 0 Å². The molecule has 3 heteroatoms. The van der Waals surface area contributed by atoms with Crippen molar-refractivity contribution in [2.75, 3.05) is 11.4 Å². The van der Waals surface area contributed by atoms with E-state index in [-0.39, 0.29) is 0 Å². The summed E-state index contributed by atoms with van der Waals surface area (Å²) in [5, 5.41) is 0. The number of aryl methyl sites for hydroxylation is 1. The molecule has 2 fully saturated rings. The first-order chi connectivity index (χ1) is 9.29. The number of carbonyl (C=O) groups is 1. The molecule has 0 spiro atoms. The predicted molar refractivity (Wildman–Crippen MR) is 76.7 cm³/mol. The second-order valence-electron chi connectivity index (χ2n) is 5.97. The highest BCUT2D eigenvalue weighted by Crippen LogP contribution is 2.37. The third-order valence-electron chi connectivity index (χ3n) is 4.72. The quantitative estimate of drug-likeness (QED) is 0.763. The molecule has 2 heterocycles. The van der Waals surface area contributed by atoms with E-state index in [9.17, 15) is 4.79 Å². The van der Waals surface area contributed by atoms with Crippen molar-refractivity contribution in [3.63, 3.8) is 0 Å². The molecule has 0 amide bonds. The van der Waals surface area contributed by atoms with E-state index in [1.54, 1.807) is 6.20 Å². The van der Waals surface area contributed by atoms with Crippen molar-refractivity contribution in [1.29, 1.82) is 0 Å². The van der Waals surface area contributed by atoms with Crippen LogP contribution in [0.15, 0.2) is 12.3 Å². The minimum atomic E-state index is 0.677. The molecule has 102 valence electrons. The smallest absolute Gasteiger partial charge is 0.151 e. The first-order valence-corrected chi connectivity index (χ1v) is 7.48. The monoisotopic (exact) mass is 258 g/mol. The van der Waals surface area contributed by atoms with Crippen LogP contribution >= 0.6 is 0 Å². The summed E-state index contributed by atoms with van der Waals surface area (Å²) in [7, 11) is 0. The molecule has 1 saturated heterocycles. The van der Waals surface area contributed by atoms with E-state index in [1.165, 1.54) is 38.5 Å². The van der Waals surface area contributed by atoms with Gasteiger partial charge in [0.05, 0.1) is 0 Å². The molecule has 2 aliphatic rings. The van der Waals surface area contributed by atoms with E-state index in [0.29, 0.717) is 11.6 Å². The highest BCUT2D eigenvalue weighted by atomic mass is 16.1. The van der Waals surface area contributed by atoms with Gasteiger partial charge in [0.25, 0.3) is 0 Å². The van der Waals surface area contributed by atoms with Crippen LogP contribution in [0.4, 0.5) is 5.82 Å². The van der Waals surface area contributed by atoms with Crippen LogP contribution in [-0.4, -0.2) is 23.9 Å². The van der Waals surface area contributed by atoms with Gasteiger partial charge in [-0.1, -0.05) is 12.8 Å². The number of hydrogen-bond acceptors (Lipinski definition) is 3. The van der Waals surface area contributed by atoms with Crippen molar-refractivity contribution in [1.82, 2.24) is 4.98 Å². The second kappa shape index (κ2) is 5.32. The van der Waals surface area contributed by atoms with E-state index in [2.05, 4.69) is 16.8 Å². The molecule has 1 aromatic heterocycles. The molecule has 0 unspecified atom stereocenters. The van der Waals surface area contributed by atoms with Crippen LogP contribution in [0.3, 0.4) is 0 Å². The Morgan fingerprint density at radius 2 is 2.05 bits per heavy atom. The van der Waals surface area contributed by atoms with Gasteiger partial charge in [-0.05, 0) is 50.2 Å². The van der Waals surface area contributed by atoms with Gasteiger partial charge in [0.2, 0.25) is 0 Å². The molecule has 1 aliphatic carbocycles. The Kier molecular flexibility index (Phi) is 3.54. The molecule has 1 aromatic rings. The van der Waals surface area contributed by atoms with Crippen LogP contribution < -0.4 is 4.90 Å². The maximum atomic E-state index is 10.8. The molecule has 0 N–H and O–H groups in total. The molecule has 1 aliphatic heterocycles. The predicted octanol–water partition coefficient (Wildman–Crippen LogP) is 3.36. The topological polar surface area (TPSA) is 33.2 Å². The SMILES string of the molecule is Cc1cc(C=O)cnc1N1CCC[C@H]2CCCC[C@H]21. The number of anilines is 1. The molecule has 0 radical (unpaired) electrons. The number of rotatable bonds is 2. The Labute approximate surface area is 115 Å². The van der Waals surface area contributed by atoms with E-state index in [1.807, 2.05) is 6.07 Å². The average molecular weight is 258 g/mol. The van der Waals surface area contributed by atoms with Crippen molar-refractivity contribution < 1.29 is 4.79 Å². The summed E-state index contributed by atoms with van der Waals surface area (Å²) >= 11 is 0. The Hall–Kier alpha value is -1.38. The summed E-state index contributed by atoms with van der Waals surface area (Å²) in [5.41, 5.74) is 1.81. The van der Waals surface area contributed by atoms with Gasteiger partial charge in [0.15, 0.2) is 6.29 Å². The van der Waals surface area contributed by atoms with Crippen molar-refractivity contribution >= 4 is 12.1 Å². The highest BCUT2D eigenvalue weighted by molar-refractivity contribution is 5.75. The summed E-state index contributed by atoms with van der Waals surface area (Å²) in [4.78, 5) is 17.9. The summed E-state index contributed by atoms with van der Waals surface area (Å²) in [6.45, 7) is 3.19. The van der Waals surface area contributed by atoms with E-state index >= 15 is 0 Å². The lowest BCUT2D eigenvalue weighted by Crippen LogP contribution is -2.47. The number of nitrogens with zero attached hydrogens (tertiary/aromatic N) is 2. The molecular formula is C16H22N2O. The molecule has 1 saturated carbocycles. The lowest BCUT2D eigenvalue weighted by molar-refractivity contribution is 0.112. The summed E-state index contributed by atoms with van der Waals surface area (Å²) in [5.74, 6) is 1.96. The zero-order chi connectivity index (χ0) is 13.2.